The normalized spacial score (nSPS) is 22.7. The van der Waals surface area contributed by atoms with Crippen LogP contribution in [0.2, 0.25) is 0 Å². The lowest BCUT2D eigenvalue weighted by Crippen LogP contribution is -2.57. The van der Waals surface area contributed by atoms with Gasteiger partial charge in [0, 0.05) is 22.1 Å². The molecule has 264 valence electrons. The minimum atomic E-state index is -1.39. The number of likely N-dealkylation sites (tertiary alicyclic amines) is 1. The van der Waals surface area contributed by atoms with E-state index >= 15 is 0 Å². The molecule has 1 aliphatic heterocycles. The van der Waals surface area contributed by atoms with E-state index in [9.17, 15) is 24.0 Å². The number of ether oxygens (including phenoxy) is 1. The zero-order chi connectivity index (χ0) is 37.1. The summed E-state index contributed by atoms with van der Waals surface area (Å²) in [6.07, 6.45) is 0.0326. The Morgan fingerprint density at radius 2 is 1.15 bits per heavy atom. The zero-order valence-corrected chi connectivity index (χ0v) is 30.9. The van der Waals surface area contributed by atoms with Crippen molar-refractivity contribution in [3.8, 4) is 0 Å². The largest absolute Gasteiger partial charge is 0.454 e. The first-order valence-electron chi connectivity index (χ1n) is 16.9. The summed E-state index contributed by atoms with van der Waals surface area (Å²) in [5, 5.41) is 2.83. The van der Waals surface area contributed by atoms with Crippen LogP contribution in [0.15, 0.2) is 132 Å². The van der Waals surface area contributed by atoms with E-state index < -0.39 is 57.9 Å². The van der Waals surface area contributed by atoms with E-state index in [1.165, 1.54) is 24.3 Å². The number of ketones is 1. The van der Waals surface area contributed by atoms with Crippen LogP contribution >= 0.6 is 39.1 Å². The highest BCUT2D eigenvalue weighted by Crippen LogP contribution is 2.69. The SMILES string of the molecule is O=C(COC(=O)c1ccc(NC(=O)[C@H](Cc2ccccc2)N2C(=O)[C@@H]3[C@@H](C2=O)C2(Cl)c4ccccc4C3(Cl)c3ccccc32)cc1)c1ccc(Br)cc1. The van der Waals surface area contributed by atoms with Crippen LogP contribution in [0.5, 0.6) is 0 Å². The van der Waals surface area contributed by atoms with Crippen molar-refractivity contribution in [2.45, 2.75) is 22.2 Å². The predicted molar refractivity (Wildman–Crippen MR) is 203 cm³/mol. The van der Waals surface area contributed by atoms with Crippen molar-refractivity contribution >= 4 is 74.3 Å². The van der Waals surface area contributed by atoms with Crippen LogP contribution in [0.1, 0.15) is 48.5 Å². The Balaban J connectivity index is 1.07. The van der Waals surface area contributed by atoms with Gasteiger partial charge in [-0.15, -0.1) is 23.2 Å². The highest BCUT2D eigenvalue weighted by atomic mass is 79.9. The number of nitrogens with one attached hydrogen (secondary N) is 1. The van der Waals surface area contributed by atoms with Crippen LogP contribution in [0.3, 0.4) is 0 Å². The molecule has 9 rings (SSSR count). The fourth-order valence-corrected chi connectivity index (χ4v) is 9.35. The topological polar surface area (TPSA) is 110 Å². The summed E-state index contributed by atoms with van der Waals surface area (Å²) in [5.74, 6) is -4.96. The van der Waals surface area contributed by atoms with Crippen molar-refractivity contribution < 1.29 is 28.7 Å². The Bertz CT molecular complexity index is 2190. The average Bonchev–Trinajstić information content (AvgIpc) is 3.46. The third-order valence-electron chi connectivity index (χ3n) is 10.4. The maximum Gasteiger partial charge on any atom is 0.338 e. The number of anilines is 1. The molecule has 2 bridgehead atoms. The summed E-state index contributed by atoms with van der Waals surface area (Å²) in [5.41, 5.74) is 4.28. The van der Waals surface area contributed by atoms with Gasteiger partial charge >= 0.3 is 5.97 Å². The molecule has 4 aliphatic rings. The number of carbonyl (C=O) groups is 5. The van der Waals surface area contributed by atoms with Crippen LogP contribution in [0.25, 0.3) is 0 Å². The van der Waals surface area contributed by atoms with Gasteiger partial charge in [0.25, 0.3) is 0 Å². The van der Waals surface area contributed by atoms with Gasteiger partial charge in [-0.25, -0.2) is 4.79 Å². The number of hydrogen-bond donors (Lipinski definition) is 1. The van der Waals surface area contributed by atoms with E-state index in [4.69, 9.17) is 27.9 Å². The van der Waals surface area contributed by atoms with E-state index in [1.807, 2.05) is 78.9 Å². The van der Waals surface area contributed by atoms with E-state index in [0.717, 1.165) is 14.9 Å². The maximum atomic E-state index is 14.7. The van der Waals surface area contributed by atoms with Crippen LogP contribution < -0.4 is 5.32 Å². The molecule has 5 aromatic rings. The lowest BCUT2D eigenvalue weighted by Gasteiger charge is -2.54. The summed E-state index contributed by atoms with van der Waals surface area (Å²) < 4.78 is 6.05. The van der Waals surface area contributed by atoms with Crippen molar-refractivity contribution in [3.05, 3.63) is 171 Å². The van der Waals surface area contributed by atoms with Gasteiger partial charge in [-0.05, 0) is 64.2 Å². The summed E-state index contributed by atoms with van der Waals surface area (Å²) >= 11 is 18.6. The molecular weight excluding hydrogens is 779 g/mol. The van der Waals surface area contributed by atoms with Gasteiger partial charge in [0.1, 0.15) is 15.8 Å². The van der Waals surface area contributed by atoms with E-state index in [0.29, 0.717) is 33.5 Å². The smallest absolute Gasteiger partial charge is 0.338 e. The molecule has 1 heterocycles. The van der Waals surface area contributed by atoms with Crippen molar-refractivity contribution in [2.24, 2.45) is 11.8 Å². The van der Waals surface area contributed by atoms with E-state index in [1.54, 1.807) is 24.3 Å². The van der Waals surface area contributed by atoms with Gasteiger partial charge in [-0.2, -0.15) is 0 Å². The summed E-state index contributed by atoms with van der Waals surface area (Å²) in [6, 6.07) is 35.2. The van der Waals surface area contributed by atoms with Crippen LogP contribution in [-0.4, -0.2) is 47.0 Å². The standard InChI is InChI=1S/C42H29BrCl2N2O6/c43-27-18-14-25(15-19-27)34(48)23-53-40(52)26-16-20-28(21-17-26)46-37(49)33(22-24-8-2-1-3-9-24)47-38(50)35-36(39(47)51)42(45)30-11-5-4-10-29(30)41(35,44)31-12-6-7-13-32(31)42/h1-21,33,35-36H,22-23H2,(H,46,49)/t33-,35-,36-,41?,42?/m0/s1. The lowest BCUT2D eigenvalue weighted by molar-refractivity contribution is -0.146. The number of esters is 1. The van der Waals surface area contributed by atoms with Gasteiger partial charge in [0.2, 0.25) is 17.7 Å². The Kier molecular flexibility index (Phi) is 8.84. The second-order valence-electron chi connectivity index (χ2n) is 13.3. The van der Waals surface area contributed by atoms with Crippen LogP contribution in [-0.2, 0) is 35.3 Å². The second-order valence-corrected chi connectivity index (χ2v) is 15.4. The molecule has 3 amide bonds. The molecule has 53 heavy (non-hydrogen) atoms. The monoisotopic (exact) mass is 806 g/mol. The number of rotatable bonds is 9. The maximum absolute atomic E-state index is 14.7. The van der Waals surface area contributed by atoms with Crippen molar-refractivity contribution in [1.29, 1.82) is 0 Å². The highest BCUT2D eigenvalue weighted by Gasteiger charge is 2.73. The molecule has 3 atom stereocenters. The van der Waals surface area contributed by atoms with Gasteiger partial charge in [0.05, 0.1) is 17.4 Å². The molecule has 3 aliphatic carbocycles. The first kappa shape index (κ1) is 35.0. The molecule has 0 saturated carbocycles. The predicted octanol–water partition coefficient (Wildman–Crippen LogP) is 7.63. The van der Waals surface area contributed by atoms with Crippen molar-refractivity contribution in [3.63, 3.8) is 0 Å². The van der Waals surface area contributed by atoms with Gasteiger partial charge in [0.15, 0.2) is 12.4 Å². The lowest BCUT2D eigenvalue weighted by atomic mass is 9.54. The molecule has 1 N–H and O–H groups in total. The minimum Gasteiger partial charge on any atom is -0.454 e. The first-order valence-corrected chi connectivity index (χ1v) is 18.4. The van der Waals surface area contributed by atoms with E-state index in [-0.39, 0.29) is 17.8 Å². The first-order chi connectivity index (χ1) is 25.5. The number of nitrogens with zero attached hydrogens (tertiary/aromatic N) is 1. The van der Waals surface area contributed by atoms with Crippen molar-refractivity contribution in [2.75, 3.05) is 11.9 Å². The fourth-order valence-electron chi connectivity index (χ4n) is 7.98. The van der Waals surface area contributed by atoms with Gasteiger partial charge in [-0.3, -0.25) is 24.1 Å². The molecule has 5 aromatic carbocycles. The van der Waals surface area contributed by atoms with Crippen molar-refractivity contribution in [1.82, 2.24) is 4.90 Å². The molecule has 0 spiro atoms. The molecule has 0 radical (unpaired) electrons. The number of amides is 3. The minimum absolute atomic E-state index is 0.0326. The molecular formula is C42H29BrCl2N2O6. The zero-order valence-electron chi connectivity index (χ0n) is 27.8. The number of hydrogen-bond acceptors (Lipinski definition) is 6. The number of alkyl halides is 2. The quantitative estimate of drug-likeness (QED) is 0.0711. The summed E-state index contributed by atoms with van der Waals surface area (Å²) in [4.78, 5) is 67.2. The number of halogens is 3. The molecule has 8 nitrogen and oxygen atoms in total. The molecule has 0 aromatic heterocycles. The Morgan fingerprint density at radius 1 is 0.679 bits per heavy atom. The molecule has 0 unspecified atom stereocenters. The highest BCUT2D eigenvalue weighted by molar-refractivity contribution is 9.10. The molecule has 1 saturated heterocycles. The molecule has 11 heteroatoms. The Hall–Kier alpha value is -5.09. The van der Waals surface area contributed by atoms with E-state index in [2.05, 4.69) is 21.2 Å². The number of carbonyl (C=O) groups excluding carboxylic acids is 5. The second kappa shape index (κ2) is 13.4. The third-order valence-corrected chi connectivity index (χ3v) is 12.2. The van der Waals surface area contributed by atoms with Gasteiger partial charge < -0.3 is 10.1 Å². The van der Waals surface area contributed by atoms with Crippen LogP contribution in [0, 0.1) is 11.8 Å². The summed E-state index contributed by atoms with van der Waals surface area (Å²) in [6.45, 7) is -0.441. The average molecular weight is 809 g/mol. The van der Waals surface area contributed by atoms with Crippen LogP contribution in [0.4, 0.5) is 5.69 Å². The number of Topliss-reactive ketones (excluding diaryl/α,β-unsaturated/α-hetero) is 1. The van der Waals surface area contributed by atoms with Gasteiger partial charge in [-0.1, -0.05) is 107 Å². The molecule has 1 fully saturated rings. The Morgan fingerprint density at radius 3 is 1.66 bits per heavy atom. The number of benzene rings is 5. The third kappa shape index (κ3) is 5.61. The fraction of sp³-hybridized carbons (Fsp3) is 0.167. The Labute approximate surface area is 323 Å². The number of imide groups is 1. The summed E-state index contributed by atoms with van der Waals surface area (Å²) in [7, 11) is 0.